The molecule has 3 heterocycles. The molecule has 36 heavy (non-hydrogen) atoms. The minimum atomic E-state index is -1.60. The third-order valence-corrected chi connectivity index (χ3v) is 8.35. The zero-order chi connectivity index (χ0) is 25.2. The summed E-state index contributed by atoms with van der Waals surface area (Å²) in [5, 5.41) is 23.1. The minimum absolute atomic E-state index is 0. The fourth-order valence-electron chi connectivity index (χ4n) is 5.42. The van der Waals surface area contributed by atoms with Crippen molar-refractivity contribution in [3.05, 3.63) is 56.6 Å². The second-order valence-electron chi connectivity index (χ2n) is 9.59. The van der Waals surface area contributed by atoms with Crippen LogP contribution in [0.2, 0.25) is 0 Å². The predicted molar refractivity (Wildman–Crippen MR) is 138 cm³/mol. The maximum absolute atomic E-state index is 13.6. The number of thiophene rings is 1. The zero-order valence-electron chi connectivity index (χ0n) is 19.6. The van der Waals surface area contributed by atoms with Crippen molar-refractivity contribution < 1.29 is 23.7 Å². The Morgan fingerprint density at radius 2 is 1.64 bits per heavy atom. The minimum Gasteiger partial charge on any atom is -0.397 e. The Balaban J connectivity index is 0.000000195. The van der Waals surface area contributed by atoms with Crippen molar-refractivity contribution in [1.82, 2.24) is 4.90 Å². The highest BCUT2D eigenvalue weighted by molar-refractivity contribution is 7.07. The van der Waals surface area contributed by atoms with Crippen molar-refractivity contribution in [3.63, 3.8) is 0 Å². The van der Waals surface area contributed by atoms with Crippen LogP contribution in [0.25, 0.3) is 11.5 Å². The van der Waals surface area contributed by atoms with Gasteiger partial charge in [-0.05, 0) is 67.2 Å². The van der Waals surface area contributed by atoms with Crippen LogP contribution in [0.4, 0.5) is 8.78 Å². The van der Waals surface area contributed by atoms with Crippen LogP contribution in [-0.4, -0.2) is 47.3 Å². The molecule has 0 bridgehead atoms. The van der Waals surface area contributed by atoms with Gasteiger partial charge in [0.05, 0.1) is 10.2 Å². The average Bonchev–Trinajstić information content (AvgIpc) is 3.58. The number of nitrogens with zero attached hydrogens (tertiary/aromatic N) is 1. The van der Waals surface area contributed by atoms with Crippen molar-refractivity contribution in [2.75, 3.05) is 26.3 Å². The molecule has 0 radical (unpaired) electrons. The van der Waals surface area contributed by atoms with Crippen molar-refractivity contribution >= 4 is 22.9 Å². The van der Waals surface area contributed by atoms with E-state index in [0.717, 1.165) is 44.1 Å². The van der Waals surface area contributed by atoms with Crippen molar-refractivity contribution in [3.8, 4) is 0 Å². The van der Waals surface area contributed by atoms with Crippen molar-refractivity contribution in [1.29, 1.82) is 0 Å². The van der Waals surface area contributed by atoms with Crippen LogP contribution < -0.4 is 27.0 Å². The van der Waals surface area contributed by atoms with Crippen LogP contribution in [-0.2, 0) is 4.74 Å². The Bertz CT molecular complexity index is 1130. The summed E-state index contributed by atoms with van der Waals surface area (Å²) in [4.78, 5) is 1.91. The van der Waals surface area contributed by atoms with Gasteiger partial charge in [0.2, 0.25) is 5.91 Å². The number of halogens is 2. The lowest BCUT2D eigenvalue weighted by molar-refractivity contribution is -0.301. The molecular weight excluding hydrogens is 486 g/mol. The number of fused-ring (bicyclic) bond motifs is 1. The highest BCUT2D eigenvalue weighted by atomic mass is 32.1. The Hall–Kier alpha value is -2.24. The Kier molecular flexibility index (Phi) is 9.34. The molecule has 1 aromatic heterocycles. The molecule has 2 aliphatic heterocycles. The van der Waals surface area contributed by atoms with Crippen LogP contribution >= 0.6 is 11.3 Å². The molecule has 1 saturated carbocycles. The molecule has 5 rings (SSSR count). The number of ether oxygens (including phenoxy) is 1. The molecule has 1 aliphatic carbocycles. The molecule has 7 nitrogen and oxygen atoms in total. The molecule has 200 valence electrons. The molecule has 0 amide bonds. The summed E-state index contributed by atoms with van der Waals surface area (Å²) in [6.07, 6.45) is 5.39. The quantitative estimate of drug-likeness (QED) is 0.385. The largest absolute Gasteiger partial charge is 0.397 e. The van der Waals surface area contributed by atoms with Gasteiger partial charge in [-0.3, -0.25) is 4.90 Å². The van der Waals surface area contributed by atoms with E-state index in [0.29, 0.717) is 34.8 Å². The van der Waals surface area contributed by atoms with E-state index in [4.69, 9.17) is 21.9 Å². The topological polar surface area (TPSA) is 131 Å². The fourth-order valence-corrected chi connectivity index (χ4v) is 6.31. The van der Waals surface area contributed by atoms with E-state index in [-0.39, 0.29) is 30.4 Å². The van der Waals surface area contributed by atoms with Crippen LogP contribution in [0, 0.1) is 29.4 Å². The van der Waals surface area contributed by atoms with Gasteiger partial charge in [-0.2, -0.15) is 0 Å². The molecule has 1 aromatic carbocycles. The van der Waals surface area contributed by atoms with Gasteiger partial charge in [0.15, 0.2) is 0 Å². The first kappa shape index (κ1) is 28.3. The van der Waals surface area contributed by atoms with E-state index in [1.165, 1.54) is 30.6 Å². The molecule has 2 atom stereocenters. The standard InChI is InChI=1S/C13H23NO3.C12H11F2N3S.CH4/c15-13(16,12-4-6-17-7-5-12)14-8-10-2-1-3-11(10)9-14;13-6-1-2-9(14)8(5-6)10(15)11-7(12(16)17)3-4-18-11;/h10-12,15-16H,1-9H2;1-5H,15-17H2;1H4/b;11-10+;. The average molecular weight is 525 g/mol. The van der Waals surface area contributed by atoms with E-state index in [2.05, 4.69) is 0 Å². The maximum Gasteiger partial charge on any atom is 0.228 e. The summed E-state index contributed by atoms with van der Waals surface area (Å²) in [5.41, 5.74) is 17.0. The molecule has 2 aromatic rings. The second kappa shape index (κ2) is 11.9. The van der Waals surface area contributed by atoms with E-state index in [1.54, 1.807) is 11.4 Å². The van der Waals surface area contributed by atoms with Crippen LogP contribution in [0.1, 0.15) is 45.1 Å². The first-order valence-corrected chi connectivity index (χ1v) is 12.9. The number of aliphatic hydroxyl groups is 2. The lowest BCUT2D eigenvalue weighted by Gasteiger charge is -2.40. The summed E-state index contributed by atoms with van der Waals surface area (Å²) in [6.45, 7) is 3.06. The number of likely N-dealkylation sites (tertiary alicyclic amines) is 1. The van der Waals surface area contributed by atoms with Gasteiger partial charge in [0, 0.05) is 43.0 Å². The zero-order valence-corrected chi connectivity index (χ0v) is 20.4. The van der Waals surface area contributed by atoms with Crippen LogP contribution in [0.5, 0.6) is 0 Å². The molecule has 10 heteroatoms. The van der Waals surface area contributed by atoms with E-state index in [9.17, 15) is 19.0 Å². The summed E-state index contributed by atoms with van der Waals surface area (Å²) < 4.78 is 32.6. The summed E-state index contributed by atoms with van der Waals surface area (Å²) in [6, 6.07) is 4.78. The van der Waals surface area contributed by atoms with Gasteiger partial charge in [0.25, 0.3) is 0 Å². The van der Waals surface area contributed by atoms with Gasteiger partial charge in [-0.1, -0.05) is 13.8 Å². The summed E-state index contributed by atoms with van der Waals surface area (Å²) in [5.74, 6) is -1.31. The highest BCUT2D eigenvalue weighted by Crippen LogP contribution is 2.41. The van der Waals surface area contributed by atoms with E-state index in [1.807, 2.05) is 4.90 Å². The molecule has 0 spiro atoms. The Morgan fingerprint density at radius 1 is 1.00 bits per heavy atom. The number of hydrogen-bond donors (Lipinski definition) is 5. The highest BCUT2D eigenvalue weighted by Gasteiger charge is 2.48. The van der Waals surface area contributed by atoms with Gasteiger partial charge in [-0.25, -0.2) is 8.78 Å². The molecule has 2 unspecified atom stereocenters. The smallest absolute Gasteiger partial charge is 0.228 e. The van der Waals surface area contributed by atoms with E-state index >= 15 is 0 Å². The molecule has 3 aliphatic rings. The lowest BCUT2D eigenvalue weighted by atomic mass is 9.95. The first-order valence-electron chi connectivity index (χ1n) is 12.0. The van der Waals surface area contributed by atoms with Gasteiger partial charge >= 0.3 is 0 Å². The number of hydrogen-bond acceptors (Lipinski definition) is 8. The van der Waals surface area contributed by atoms with Gasteiger partial charge in [0.1, 0.15) is 17.5 Å². The first-order chi connectivity index (χ1) is 16.7. The molecular formula is C26H38F2N4O3S. The SMILES string of the molecule is C.NC(N)=c1ccs/c1=C(/N)c1cc(F)ccc1F.OC(O)(C1CCOCC1)N1CC2CCCC2C1. The third-order valence-electron chi connectivity index (χ3n) is 7.40. The van der Waals surface area contributed by atoms with Crippen LogP contribution in [0.3, 0.4) is 0 Å². The lowest BCUT2D eigenvalue weighted by Crippen LogP contribution is -2.54. The molecule has 3 fully saturated rings. The van der Waals surface area contributed by atoms with Gasteiger partial charge < -0.3 is 32.2 Å². The maximum atomic E-state index is 13.6. The third kappa shape index (κ3) is 6.00. The second-order valence-corrected chi connectivity index (χ2v) is 10.5. The fraction of sp³-hybridized carbons (Fsp3) is 0.538. The monoisotopic (exact) mass is 524 g/mol. The van der Waals surface area contributed by atoms with Crippen molar-refractivity contribution in [2.24, 2.45) is 35.0 Å². The van der Waals surface area contributed by atoms with Gasteiger partial charge in [-0.15, -0.1) is 11.3 Å². The van der Waals surface area contributed by atoms with Crippen LogP contribution in [0.15, 0.2) is 29.6 Å². The normalized spacial score (nSPS) is 23.3. The van der Waals surface area contributed by atoms with E-state index < -0.39 is 17.5 Å². The van der Waals surface area contributed by atoms with Crippen molar-refractivity contribution in [2.45, 2.75) is 45.4 Å². The number of benzene rings is 1. The number of rotatable bonds is 3. The predicted octanol–water partition coefficient (Wildman–Crippen LogP) is 1.54. The summed E-state index contributed by atoms with van der Waals surface area (Å²) >= 11 is 1.26. The Morgan fingerprint density at radius 3 is 2.25 bits per heavy atom. The summed E-state index contributed by atoms with van der Waals surface area (Å²) in [7, 11) is 0. The molecule has 2 saturated heterocycles. The number of nitrogens with two attached hydrogens (primary N) is 3. The molecule has 8 N–H and O–H groups in total. The Labute approximate surface area is 214 Å².